The van der Waals surface area contributed by atoms with Gasteiger partial charge in [-0.1, -0.05) is 20.8 Å². The normalized spacial score (nSPS) is 15.5. The first-order valence-electron chi connectivity index (χ1n) is 11.6. The van der Waals surface area contributed by atoms with Gasteiger partial charge in [-0.15, -0.1) is 0 Å². The van der Waals surface area contributed by atoms with Crippen LogP contribution in [0.5, 0.6) is 11.5 Å². The highest BCUT2D eigenvalue weighted by molar-refractivity contribution is 5.90. The molecule has 1 saturated heterocycles. The van der Waals surface area contributed by atoms with Crippen LogP contribution in [0.4, 0.5) is 4.39 Å². The van der Waals surface area contributed by atoms with Gasteiger partial charge in [0.05, 0.1) is 30.6 Å². The molecule has 0 spiro atoms. The SMILES string of the molecule is COC(=O)c1cc(F)c(CN2C[C@@H](C)CC2=O)c(Oc2ccc(-c3ccc(C(C)C)nn3)cc2)c1. The zero-order valence-corrected chi connectivity index (χ0v) is 20.2. The average molecular weight is 478 g/mol. The highest BCUT2D eigenvalue weighted by Crippen LogP contribution is 2.33. The maximum Gasteiger partial charge on any atom is 0.338 e. The summed E-state index contributed by atoms with van der Waals surface area (Å²) in [5, 5.41) is 8.55. The Morgan fingerprint density at radius 3 is 2.46 bits per heavy atom. The zero-order valence-electron chi connectivity index (χ0n) is 20.2. The highest BCUT2D eigenvalue weighted by atomic mass is 19.1. The smallest absolute Gasteiger partial charge is 0.338 e. The number of nitrogens with zero attached hydrogens (tertiary/aromatic N) is 3. The minimum Gasteiger partial charge on any atom is -0.465 e. The number of carbonyl (C=O) groups is 2. The topological polar surface area (TPSA) is 81.6 Å². The van der Waals surface area contributed by atoms with E-state index in [2.05, 4.69) is 24.0 Å². The van der Waals surface area contributed by atoms with E-state index in [0.717, 1.165) is 23.0 Å². The van der Waals surface area contributed by atoms with Gasteiger partial charge in [0, 0.05) is 24.1 Å². The lowest BCUT2D eigenvalue weighted by Crippen LogP contribution is -2.25. The fraction of sp³-hybridized carbons (Fsp3) is 0.333. The number of hydrogen-bond donors (Lipinski definition) is 0. The van der Waals surface area contributed by atoms with E-state index in [4.69, 9.17) is 9.47 Å². The van der Waals surface area contributed by atoms with Crippen molar-refractivity contribution in [3.8, 4) is 22.8 Å². The molecule has 0 radical (unpaired) electrons. The van der Waals surface area contributed by atoms with E-state index in [1.807, 2.05) is 31.2 Å². The molecule has 1 aliphatic rings. The van der Waals surface area contributed by atoms with Crippen molar-refractivity contribution in [3.05, 3.63) is 71.2 Å². The minimum absolute atomic E-state index is 0.0296. The summed E-state index contributed by atoms with van der Waals surface area (Å²) in [5.41, 5.74) is 2.73. The Hall–Kier alpha value is -3.81. The quantitative estimate of drug-likeness (QED) is 0.427. The van der Waals surface area contributed by atoms with Crippen molar-refractivity contribution in [1.29, 1.82) is 0 Å². The lowest BCUT2D eigenvalue weighted by molar-refractivity contribution is -0.128. The van der Waals surface area contributed by atoms with E-state index in [9.17, 15) is 9.59 Å². The molecule has 1 atom stereocenters. The summed E-state index contributed by atoms with van der Waals surface area (Å²) >= 11 is 0. The molecule has 7 nitrogen and oxygen atoms in total. The van der Waals surface area contributed by atoms with Crippen LogP contribution < -0.4 is 4.74 Å². The average Bonchev–Trinajstić information content (AvgIpc) is 3.17. The molecule has 182 valence electrons. The standard InChI is InChI=1S/C27H28FN3O4/c1-16(2)23-9-10-24(30-29-23)18-5-7-20(8-6-18)35-25-13-19(27(33)34-4)12-22(28)21(25)15-31-14-17(3)11-26(31)32/h5-10,12-13,16-17H,11,14-15H2,1-4H3/t17-/m0/s1. The number of esters is 1. The van der Waals surface area contributed by atoms with Crippen LogP contribution in [-0.4, -0.2) is 40.6 Å². The van der Waals surface area contributed by atoms with Crippen molar-refractivity contribution in [2.45, 2.75) is 39.7 Å². The van der Waals surface area contributed by atoms with Crippen molar-refractivity contribution in [3.63, 3.8) is 0 Å². The summed E-state index contributed by atoms with van der Waals surface area (Å²) in [6.07, 6.45) is 0.431. The van der Waals surface area contributed by atoms with E-state index in [-0.39, 0.29) is 35.2 Å². The van der Waals surface area contributed by atoms with E-state index < -0.39 is 11.8 Å². The van der Waals surface area contributed by atoms with Gasteiger partial charge >= 0.3 is 5.97 Å². The first-order valence-corrected chi connectivity index (χ1v) is 11.6. The Balaban J connectivity index is 1.61. The molecule has 0 bridgehead atoms. The molecule has 0 N–H and O–H groups in total. The first-order chi connectivity index (χ1) is 16.7. The second-order valence-electron chi connectivity index (χ2n) is 9.13. The second-order valence-corrected chi connectivity index (χ2v) is 9.13. The van der Waals surface area contributed by atoms with Crippen molar-refractivity contribution in [2.75, 3.05) is 13.7 Å². The second kappa shape index (κ2) is 10.2. The van der Waals surface area contributed by atoms with Crippen LogP contribution in [0.25, 0.3) is 11.3 Å². The van der Waals surface area contributed by atoms with Gasteiger partial charge in [0.15, 0.2) is 0 Å². The lowest BCUT2D eigenvalue weighted by Gasteiger charge is -2.20. The van der Waals surface area contributed by atoms with Gasteiger partial charge in [0.1, 0.15) is 17.3 Å². The predicted molar refractivity (Wildman–Crippen MR) is 129 cm³/mol. The number of halogens is 1. The molecule has 35 heavy (non-hydrogen) atoms. The third kappa shape index (κ3) is 5.48. The first kappa shape index (κ1) is 24.3. The van der Waals surface area contributed by atoms with E-state index in [0.29, 0.717) is 24.6 Å². The third-order valence-corrected chi connectivity index (χ3v) is 5.99. The zero-order chi connectivity index (χ0) is 25.1. The van der Waals surface area contributed by atoms with Crippen LogP contribution in [0.3, 0.4) is 0 Å². The fourth-order valence-corrected chi connectivity index (χ4v) is 4.03. The van der Waals surface area contributed by atoms with Crippen LogP contribution in [0.1, 0.15) is 54.7 Å². The number of aromatic nitrogens is 2. The molecule has 0 unspecified atom stereocenters. The molecule has 1 aromatic heterocycles. The van der Waals surface area contributed by atoms with Gasteiger partial charge < -0.3 is 14.4 Å². The number of ether oxygens (including phenoxy) is 2. The molecule has 2 aromatic carbocycles. The number of benzene rings is 2. The molecule has 0 saturated carbocycles. The minimum atomic E-state index is -0.676. The van der Waals surface area contributed by atoms with E-state index in [1.54, 1.807) is 17.0 Å². The molecular formula is C27H28FN3O4. The molecular weight excluding hydrogens is 449 g/mol. The molecule has 3 aromatic rings. The number of likely N-dealkylation sites (tertiary alicyclic amines) is 1. The molecule has 1 fully saturated rings. The summed E-state index contributed by atoms with van der Waals surface area (Å²) in [5.74, 6) is -0.238. The number of hydrogen-bond acceptors (Lipinski definition) is 6. The number of methoxy groups -OCH3 is 1. The van der Waals surface area contributed by atoms with Gasteiger partial charge in [-0.05, 0) is 60.4 Å². The summed E-state index contributed by atoms with van der Waals surface area (Å²) < 4.78 is 25.9. The molecule has 2 heterocycles. The Morgan fingerprint density at radius 2 is 1.89 bits per heavy atom. The Kier molecular flexibility index (Phi) is 7.10. The maximum atomic E-state index is 15.1. The van der Waals surface area contributed by atoms with Crippen LogP contribution in [0.15, 0.2) is 48.5 Å². The largest absolute Gasteiger partial charge is 0.465 e. The summed E-state index contributed by atoms with van der Waals surface area (Å²) in [6.45, 7) is 6.70. The third-order valence-electron chi connectivity index (χ3n) is 5.99. The number of amides is 1. The maximum absolute atomic E-state index is 15.1. The van der Waals surface area contributed by atoms with Crippen LogP contribution in [-0.2, 0) is 16.1 Å². The van der Waals surface area contributed by atoms with Crippen molar-refractivity contribution in [2.24, 2.45) is 5.92 Å². The van der Waals surface area contributed by atoms with Crippen molar-refractivity contribution >= 4 is 11.9 Å². The van der Waals surface area contributed by atoms with E-state index in [1.165, 1.54) is 13.2 Å². The molecule has 0 aliphatic carbocycles. The highest BCUT2D eigenvalue weighted by Gasteiger charge is 2.29. The lowest BCUT2D eigenvalue weighted by atomic mass is 10.1. The van der Waals surface area contributed by atoms with Crippen molar-refractivity contribution < 1.29 is 23.5 Å². The van der Waals surface area contributed by atoms with Gasteiger partial charge in [0.25, 0.3) is 0 Å². The Morgan fingerprint density at radius 1 is 1.14 bits per heavy atom. The Bertz CT molecular complexity index is 1230. The molecule has 1 aliphatic heterocycles. The number of carbonyl (C=O) groups excluding carboxylic acids is 2. The van der Waals surface area contributed by atoms with E-state index >= 15 is 4.39 Å². The van der Waals surface area contributed by atoms with Gasteiger partial charge in [-0.3, -0.25) is 4.79 Å². The summed E-state index contributed by atoms with van der Waals surface area (Å²) in [4.78, 5) is 26.0. The van der Waals surface area contributed by atoms with Crippen LogP contribution >= 0.6 is 0 Å². The molecule has 4 rings (SSSR count). The van der Waals surface area contributed by atoms with Crippen LogP contribution in [0.2, 0.25) is 0 Å². The number of rotatable bonds is 7. The summed E-state index contributed by atoms with van der Waals surface area (Å²) in [6, 6.07) is 13.6. The van der Waals surface area contributed by atoms with Gasteiger partial charge in [-0.2, -0.15) is 10.2 Å². The van der Waals surface area contributed by atoms with Gasteiger partial charge in [-0.25, -0.2) is 9.18 Å². The fourth-order valence-electron chi connectivity index (χ4n) is 4.03. The monoisotopic (exact) mass is 477 g/mol. The molecule has 1 amide bonds. The molecule has 8 heteroatoms. The van der Waals surface area contributed by atoms with Gasteiger partial charge in [0.2, 0.25) is 5.91 Å². The summed E-state index contributed by atoms with van der Waals surface area (Å²) in [7, 11) is 1.23. The predicted octanol–water partition coefficient (Wildman–Crippen LogP) is 5.35. The Labute approximate surface area is 203 Å². The van der Waals surface area contributed by atoms with Crippen molar-refractivity contribution in [1.82, 2.24) is 15.1 Å². The van der Waals surface area contributed by atoms with Crippen LogP contribution in [0, 0.1) is 11.7 Å².